The third-order valence-electron chi connectivity index (χ3n) is 3.05. The maximum atomic E-state index is 9.28. The van der Waals surface area contributed by atoms with Gasteiger partial charge in [0.25, 0.3) is 0 Å². The SMILES string of the molecule is CCCCCSc1ccc(CNCC(C)C)cc1C#N. The molecule has 1 rings (SSSR count). The lowest BCUT2D eigenvalue weighted by Crippen LogP contribution is -2.18. The number of rotatable bonds is 9. The molecule has 0 unspecified atom stereocenters. The summed E-state index contributed by atoms with van der Waals surface area (Å²) >= 11 is 1.81. The number of nitrogens with one attached hydrogen (secondary N) is 1. The quantitative estimate of drug-likeness (QED) is 0.534. The van der Waals surface area contributed by atoms with Crippen LogP contribution in [-0.2, 0) is 6.54 Å². The molecular formula is C17H26N2S. The number of benzene rings is 1. The van der Waals surface area contributed by atoms with Crippen LogP contribution in [0.2, 0.25) is 0 Å². The van der Waals surface area contributed by atoms with Crippen molar-refractivity contribution in [2.24, 2.45) is 5.92 Å². The summed E-state index contributed by atoms with van der Waals surface area (Å²) in [6, 6.07) is 8.58. The van der Waals surface area contributed by atoms with Crippen LogP contribution in [-0.4, -0.2) is 12.3 Å². The van der Waals surface area contributed by atoms with E-state index in [1.54, 1.807) is 11.8 Å². The maximum absolute atomic E-state index is 9.28. The van der Waals surface area contributed by atoms with Gasteiger partial charge in [-0.25, -0.2) is 0 Å². The zero-order chi connectivity index (χ0) is 14.8. The molecule has 0 heterocycles. The molecule has 0 aromatic heterocycles. The van der Waals surface area contributed by atoms with Crippen LogP contribution >= 0.6 is 11.8 Å². The number of thioether (sulfide) groups is 1. The molecule has 0 atom stereocenters. The number of nitrogens with zero attached hydrogens (tertiary/aromatic N) is 1. The first-order valence-corrected chi connectivity index (χ1v) is 8.52. The minimum atomic E-state index is 0.652. The fourth-order valence-electron chi connectivity index (χ4n) is 1.94. The molecule has 0 radical (unpaired) electrons. The van der Waals surface area contributed by atoms with Gasteiger partial charge in [0.1, 0.15) is 6.07 Å². The van der Waals surface area contributed by atoms with E-state index in [1.807, 2.05) is 6.07 Å². The first-order chi connectivity index (χ1) is 9.67. The van der Waals surface area contributed by atoms with Crippen molar-refractivity contribution in [3.8, 4) is 6.07 Å². The Bertz CT molecular complexity index is 435. The lowest BCUT2D eigenvalue weighted by atomic mass is 10.1. The summed E-state index contributed by atoms with van der Waals surface area (Å²) < 4.78 is 0. The van der Waals surface area contributed by atoms with E-state index in [0.29, 0.717) is 5.92 Å². The molecule has 0 saturated carbocycles. The van der Waals surface area contributed by atoms with Gasteiger partial charge in [-0.2, -0.15) is 5.26 Å². The third kappa shape index (κ3) is 6.45. The van der Waals surface area contributed by atoms with E-state index in [0.717, 1.165) is 29.3 Å². The Hall–Kier alpha value is -0.980. The van der Waals surface area contributed by atoms with Gasteiger partial charge in [-0.3, -0.25) is 0 Å². The van der Waals surface area contributed by atoms with Crippen molar-refractivity contribution in [2.45, 2.75) is 51.5 Å². The summed E-state index contributed by atoms with van der Waals surface area (Å²) in [5.74, 6) is 1.76. The molecular weight excluding hydrogens is 264 g/mol. The van der Waals surface area contributed by atoms with Crippen LogP contribution in [0, 0.1) is 17.2 Å². The normalized spacial score (nSPS) is 10.8. The highest BCUT2D eigenvalue weighted by molar-refractivity contribution is 7.99. The van der Waals surface area contributed by atoms with Crippen LogP contribution in [0.4, 0.5) is 0 Å². The van der Waals surface area contributed by atoms with Crippen molar-refractivity contribution in [1.29, 1.82) is 5.26 Å². The molecule has 0 fully saturated rings. The molecule has 2 nitrogen and oxygen atoms in total. The van der Waals surface area contributed by atoms with E-state index in [4.69, 9.17) is 0 Å². The van der Waals surface area contributed by atoms with Gasteiger partial charge in [0, 0.05) is 11.4 Å². The minimum absolute atomic E-state index is 0.652. The maximum Gasteiger partial charge on any atom is 0.100 e. The molecule has 0 bridgehead atoms. The van der Waals surface area contributed by atoms with Crippen LogP contribution in [0.25, 0.3) is 0 Å². The second-order valence-corrected chi connectivity index (χ2v) is 6.66. The van der Waals surface area contributed by atoms with Crippen molar-refractivity contribution in [2.75, 3.05) is 12.3 Å². The second-order valence-electron chi connectivity index (χ2n) is 5.52. The number of hydrogen-bond donors (Lipinski definition) is 1. The van der Waals surface area contributed by atoms with E-state index in [1.165, 1.54) is 24.8 Å². The second kappa shape index (κ2) is 9.85. The molecule has 0 amide bonds. The van der Waals surface area contributed by atoms with Gasteiger partial charge in [0.15, 0.2) is 0 Å². The fraction of sp³-hybridized carbons (Fsp3) is 0.588. The standard InChI is InChI=1S/C17H26N2S/c1-4-5-6-9-20-17-8-7-15(10-16(17)11-18)13-19-12-14(2)3/h7-8,10,14,19H,4-6,9,12-13H2,1-3H3. The van der Waals surface area contributed by atoms with Crippen LogP contribution in [0.5, 0.6) is 0 Å². The Morgan fingerprint density at radius 2 is 2.10 bits per heavy atom. The zero-order valence-electron chi connectivity index (χ0n) is 12.9. The van der Waals surface area contributed by atoms with Gasteiger partial charge in [-0.1, -0.05) is 39.7 Å². The third-order valence-corrected chi connectivity index (χ3v) is 4.21. The first-order valence-electron chi connectivity index (χ1n) is 7.54. The summed E-state index contributed by atoms with van der Waals surface area (Å²) in [6.45, 7) is 8.46. The monoisotopic (exact) mass is 290 g/mol. The predicted octanol–water partition coefficient (Wildman–Crippen LogP) is 4.59. The smallest absolute Gasteiger partial charge is 0.100 e. The van der Waals surface area contributed by atoms with Crippen LogP contribution in [0.3, 0.4) is 0 Å². The van der Waals surface area contributed by atoms with Crippen LogP contribution in [0.15, 0.2) is 23.1 Å². The molecule has 0 saturated heterocycles. The minimum Gasteiger partial charge on any atom is -0.312 e. The molecule has 3 heteroatoms. The molecule has 0 aliphatic heterocycles. The lowest BCUT2D eigenvalue weighted by molar-refractivity contribution is 0.552. The molecule has 1 aromatic rings. The Morgan fingerprint density at radius 1 is 1.30 bits per heavy atom. The molecule has 0 aliphatic rings. The predicted molar refractivity (Wildman–Crippen MR) is 88.0 cm³/mol. The highest BCUT2D eigenvalue weighted by atomic mass is 32.2. The van der Waals surface area contributed by atoms with Crippen molar-refractivity contribution in [3.05, 3.63) is 29.3 Å². The molecule has 0 aliphatic carbocycles. The Kier molecular flexibility index (Phi) is 8.41. The first kappa shape index (κ1) is 17.1. The van der Waals surface area contributed by atoms with Crippen molar-refractivity contribution in [1.82, 2.24) is 5.32 Å². The average Bonchev–Trinajstić information content (AvgIpc) is 2.44. The Labute approximate surface area is 128 Å². The van der Waals surface area contributed by atoms with Gasteiger partial charge < -0.3 is 5.32 Å². The molecule has 1 N–H and O–H groups in total. The van der Waals surface area contributed by atoms with Crippen LogP contribution in [0.1, 0.15) is 51.2 Å². The number of nitriles is 1. The van der Waals surface area contributed by atoms with E-state index in [-0.39, 0.29) is 0 Å². The Balaban J connectivity index is 2.54. The zero-order valence-corrected chi connectivity index (χ0v) is 13.7. The van der Waals surface area contributed by atoms with Crippen molar-refractivity contribution < 1.29 is 0 Å². The largest absolute Gasteiger partial charge is 0.312 e. The fourth-order valence-corrected chi connectivity index (χ4v) is 2.93. The molecule has 1 aromatic carbocycles. The molecule has 110 valence electrons. The van der Waals surface area contributed by atoms with Crippen molar-refractivity contribution >= 4 is 11.8 Å². The van der Waals surface area contributed by atoms with E-state index in [2.05, 4.69) is 44.3 Å². The van der Waals surface area contributed by atoms with E-state index in [9.17, 15) is 5.26 Å². The van der Waals surface area contributed by atoms with Gasteiger partial charge in [-0.05, 0) is 42.3 Å². The number of unbranched alkanes of at least 4 members (excludes halogenated alkanes) is 2. The highest BCUT2D eigenvalue weighted by Crippen LogP contribution is 2.24. The molecule has 0 spiro atoms. The molecule has 20 heavy (non-hydrogen) atoms. The lowest BCUT2D eigenvalue weighted by Gasteiger charge is -2.09. The summed E-state index contributed by atoms with van der Waals surface area (Å²) in [7, 11) is 0. The van der Waals surface area contributed by atoms with Crippen LogP contribution < -0.4 is 5.32 Å². The van der Waals surface area contributed by atoms with Gasteiger partial charge in [-0.15, -0.1) is 11.8 Å². The van der Waals surface area contributed by atoms with E-state index >= 15 is 0 Å². The Morgan fingerprint density at radius 3 is 2.75 bits per heavy atom. The summed E-state index contributed by atoms with van der Waals surface area (Å²) in [4.78, 5) is 1.12. The summed E-state index contributed by atoms with van der Waals surface area (Å²) in [5, 5.41) is 12.7. The summed E-state index contributed by atoms with van der Waals surface area (Å²) in [5.41, 5.74) is 2.01. The van der Waals surface area contributed by atoms with Gasteiger partial charge in [0.2, 0.25) is 0 Å². The van der Waals surface area contributed by atoms with E-state index < -0.39 is 0 Å². The average molecular weight is 290 g/mol. The topological polar surface area (TPSA) is 35.8 Å². The van der Waals surface area contributed by atoms with Crippen molar-refractivity contribution in [3.63, 3.8) is 0 Å². The number of hydrogen-bond acceptors (Lipinski definition) is 3. The van der Waals surface area contributed by atoms with Gasteiger partial charge in [0.05, 0.1) is 5.56 Å². The van der Waals surface area contributed by atoms with Gasteiger partial charge >= 0.3 is 0 Å². The highest BCUT2D eigenvalue weighted by Gasteiger charge is 2.04. The summed E-state index contributed by atoms with van der Waals surface area (Å²) in [6.07, 6.45) is 3.74.